The average Bonchev–Trinajstić information content (AvgIpc) is 2.32. The number of hydrogen-bond acceptors (Lipinski definition) is 2. The van der Waals surface area contributed by atoms with Gasteiger partial charge in [-0.3, -0.25) is 0 Å². The van der Waals surface area contributed by atoms with Crippen molar-refractivity contribution in [1.82, 2.24) is 0 Å². The first-order valence-corrected chi connectivity index (χ1v) is 6.03. The summed E-state index contributed by atoms with van der Waals surface area (Å²) in [5.74, 6) is -0.409. The smallest absolute Gasteiger partial charge is 0.146 e. The normalized spacial score (nSPS) is 12.3. The Morgan fingerprint density at radius 3 is 2.53 bits per heavy atom. The predicted molar refractivity (Wildman–Crippen MR) is 70.5 cm³/mol. The monoisotopic (exact) mass is 283 g/mol. The second kappa shape index (κ2) is 5.55. The van der Waals surface area contributed by atoms with Crippen molar-refractivity contribution in [3.8, 4) is 11.5 Å². The molecule has 1 atom stereocenters. The van der Waals surface area contributed by atoms with Crippen LogP contribution in [0.25, 0.3) is 0 Å². The highest BCUT2D eigenvalue weighted by molar-refractivity contribution is 6.32. The van der Waals surface area contributed by atoms with Crippen molar-refractivity contribution < 1.29 is 13.5 Å². The Morgan fingerprint density at radius 1 is 1.16 bits per heavy atom. The molecule has 0 aliphatic carbocycles. The van der Waals surface area contributed by atoms with Crippen LogP contribution in [0.5, 0.6) is 11.5 Å². The number of halogens is 3. The first-order valence-electron chi connectivity index (χ1n) is 5.66. The summed E-state index contributed by atoms with van der Waals surface area (Å²) in [5, 5.41) is 0.111. The molecule has 100 valence electrons. The van der Waals surface area contributed by atoms with Gasteiger partial charge in [0.25, 0.3) is 0 Å². The van der Waals surface area contributed by atoms with E-state index in [1.807, 2.05) is 0 Å². The summed E-state index contributed by atoms with van der Waals surface area (Å²) < 4.78 is 32.2. The van der Waals surface area contributed by atoms with Crippen molar-refractivity contribution in [3.05, 3.63) is 58.6 Å². The van der Waals surface area contributed by atoms with Gasteiger partial charge >= 0.3 is 0 Å². The molecule has 0 amide bonds. The first-order chi connectivity index (χ1) is 8.99. The molecule has 2 N–H and O–H groups in total. The van der Waals surface area contributed by atoms with Gasteiger partial charge < -0.3 is 10.5 Å². The molecule has 2 aromatic rings. The summed E-state index contributed by atoms with van der Waals surface area (Å²) in [6.45, 7) is 1.65. The molecular weight excluding hydrogens is 272 g/mol. The molecule has 0 radical (unpaired) electrons. The SMILES string of the molecule is CC(N)c1c(F)cccc1Oc1ccc(F)cc1Cl. The van der Waals surface area contributed by atoms with Crippen LogP contribution < -0.4 is 10.5 Å². The highest BCUT2D eigenvalue weighted by atomic mass is 35.5. The lowest BCUT2D eigenvalue weighted by Gasteiger charge is -2.15. The predicted octanol–water partition coefficient (Wildman–Crippen LogP) is 4.43. The fraction of sp³-hybridized carbons (Fsp3) is 0.143. The number of benzene rings is 2. The molecule has 0 aliphatic rings. The molecule has 5 heteroatoms. The van der Waals surface area contributed by atoms with Gasteiger partial charge in [0.15, 0.2) is 0 Å². The van der Waals surface area contributed by atoms with Crippen molar-refractivity contribution in [3.63, 3.8) is 0 Å². The maximum Gasteiger partial charge on any atom is 0.146 e. The second-order valence-corrected chi connectivity index (χ2v) is 4.52. The Morgan fingerprint density at radius 2 is 1.89 bits per heavy atom. The Balaban J connectivity index is 2.41. The third-order valence-corrected chi connectivity index (χ3v) is 2.88. The van der Waals surface area contributed by atoms with E-state index in [-0.39, 0.29) is 22.1 Å². The second-order valence-electron chi connectivity index (χ2n) is 4.12. The summed E-state index contributed by atoms with van der Waals surface area (Å²) in [5.41, 5.74) is 5.97. The van der Waals surface area contributed by atoms with E-state index in [2.05, 4.69) is 0 Å². The van der Waals surface area contributed by atoms with E-state index in [1.54, 1.807) is 13.0 Å². The average molecular weight is 284 g/mol. The van der Waals surface area contributed by atoms with Gasteiger partial charge in [0.2, 0.25) is 0 Å². The Bertz CT molecular complexity index is 602. The van der Waals surface area contributed by atoms with Gasteiger partial charge in [-0.15, -0.1) is 0 Å². The zero-order valence-corrected chi connectivity index (χ0v) is 10.9. The van der Waals surface area contributed by atoms with Crippen LogP contribution in [-0.2, 0) is 0 Å². The van der Waals surface area contributed by atoms with Crippen molar-refractivity contribution >= 4 is 11.6 Å². The van der Waals surface area contributed by atoms with E-state index in [0.29, 0.717) is 0 Å². The molecule has 0 bridgehead atoms. The van der Waals surface area contributed by atoms with Crippen LogP contribution in [0, 0.1) is 11.6 Å². The molecule has 0 spiro atoms. The number of rotatable bonds is 3. The van der Waals surface area contributed by atoms with Gasteiger partial charge in [-0.25, -0.2) is 8.78 Å². The molecule has 0 saturated carbocycles. The minimum absolute atomic E-state index is 0.111. The van der Waals surface area contributed by atoms with Crippen LogP contribution in [0.4, 0.5) is 8.78 Å². The maximum absolute atomic E-state index is 13.7. The first kappa shape index (κ1) is 13.8. The van der Waals surface area contributed by atoms with Crippen LogP contribution in [0.3, 0.4) is 0 Å². The molecule has 2 rings (SSSR count). The van der Waals surface area contributed by atoms with Crippen molar-refractivity contribution in [2.24, 2.45) is 5.73 Å². The maximum atomic E-state index is 13.7. The highest BCUT2D eigenvalue weighted by Crippen LogP contribution is 2.34. The van der Waals surface area contributed by atoms with Crippen LogP contribution in [-0.4, -0.2) is 0 Å². The lowest BCUT2D eigenvalue weighted by molar-refractivity contribution is 0.459. The van der Waals surface area contributed by atoms with E-state index >= 15 is 0 Å². The molecular formula is C14H12ClF2NO. The van der Waals surface area contributed by atoms with E-state index < -0.39 is 17.7 Å². The Kier molecular flexibility index (Phi) is 4.02. The number of ether oxygens (including phenoxy) is 1. The molecule has 19 heavy (non-hydrogen) atoms. The largest absolute Gasteiger partial charge is 0.455 e. The summed E-state index contributed by atoms with van der Waals surface area (Å²) in [6.07, 6.45) is 0. The molecule has 0 saturated heterocycles. The minimum atomic E-state index is -0.532. The van der Waals surface area contributed by atoms with Crippen molar-refractivity contribution in [2.45, 2.75) is 13.0 Å². The third-order valence-electron chi connectivity index (χ3n) is 2.58. The zero-order chi connectivity index (χ0) is 14.0. The van der Waals surface area contributed by atoms with Crippen LogP contribution in [0.1, 0.15) is 18.5 Å². The van der Waals surface area contributed by atoms with Crippen LogP contribution in [0.2, 0.25) is 5.02 Å². The zero-order valence-electron chi connectivity index (χ0n) is 10.2. The van der Waals surface area contributed by atoms with Gasteiger partial charge in [-0.05, 0) is 37.3 Å². The van der Waals surface area contributed by atoms with Gasteiger partial charge in [0.05, 0.1) is 5.02 Å². The number of hydrogen-bond donors (Lipinski definition) is 1. The van der Waals surface area contributed by atoms with Gasteiger partial charge in [-0.2, -0.15) is 0 Å². The summed E-state index contributed by atoms with van der Waals surface area (Å²) in [4.78, 5) is 0. The molecule has 2 nitrogen and oxygen atoms in total. The van der Waals surface area contributed by atoms with E-state index in [0.717, 1.165) is 6.07 Å². The fourth-order valence-electron chi connectivity index (χ4n) is 1.72. The summed E-state index contributed by atoms with van der Waals surface area (Å²) >= 11 is 5.86. The Labute approximate surface area is 114 Å². The van der Waals surface area contributed by atoms with E-state index in [9.17, 15) is 8.78 Å². The van der Waals surface area contributed by atoms with E-state index in [1.165, 1.54) is 24.3 Å². The van der Waals surface area contributed by atoms with E-state index in [4.69, 9.17) is 22.1 Å². The fourth-order valence-corrected chi connectivity index (χ4v) is 1.93. The summed E-state index contributed by atoms with van der Waals surface area (Å²) in [7, 11) is 0. The quantitative estimate of drug-likeness (QED) is 0.904. The van der Waals surface area contributed by atoms with Crippen molar-refractivity contribution in [2.75, 3.05) is 0 Å². The molecule has 0 fully saturated rings. The van der Waals surface area contributed by atoms with Gasteiger partial charge in [0, 0.05) is 11.6 Å². The number of nitrogens with two attached hydrogens (primary N) is 1. The summed E-state index contributed by atoms with van der Waals surface area (Å²) in [6, 6.07) is 7.59. The molecule has 1 unspecified atom stereocenters. The van der Waals surface area contributed by atoms with Crippen LogP contribution in [0.15, 0.2) is 36.4 Å². The third kappa shape index (κ3) is 3.03. The topological polar surface area (TPSA) is 35.2 Å². The highest BCUT2D eigenvalue weighted by Gasteiger charge is 2.15. The standard InChI is InChI=1S/C14H12ClF2NO/c1-8(18)14-11(17)3-2-4-13(14)19-12-6-5-9(16)7-10(12)15/h2-8H,18H2,1H3. The van der Waals surface area contributed by atoms with Gasteiger partial charge in [0.1, 0.15) is 23.1 Å². The molecule has 0 aliphatic heterocycles. The van der Waals surface area contributed by atoms with Crippen molar-refractivity contribution in [1.29, 1.82) is 0 Å². The van der Waals surface area contributed by atoms with Crippen LogP contribution >= 0.6 is 11.6 Å². The molecule has 2 aromatic carbocycles. The molecule has 0 aromatic heterocycles. The minimum Gasteiger partial charge on any atom is -0.455 e. The molecule has 0 heterocycles. The Hall–Kier alpha value is -1.65. The lowest BCUT2D eigenvalue weighted by Crippen LogP contribution is -2.09. The van der Waals surface area contributed by atoms with Gasteiger partial charge in [-0.1, -0.05) is 17.7 Å². The lowest BCUT2D eigenvalue weighted by atomic mass is 10.1.